The van der Waals surface area contributed by atoms with E-state index in [2.05, 4.69) is 5.32 Å². The first-order valence-electron chi connectivity index (χ1n) is 5.37. The SMILES string of the molecule is Cc1cc(NC(=O)c2occc2C(=O)O)ccc1F. The van der Waals surface area contributed by atoms with Gasteiger partial charge in [0.25, 0.3) is 5.91 Å². The third-order valence-corrected chi connectivity index (χ3v) is 2.52. The lowest BCUT2D eigenvalue weighted by Gasteiger charge is -2.05. The predicted molar refractivity (Wildman–Crippen MR) is 64.8 cm³/mol. The highest BCUT2D eigenvalue weighted by Crippen LogP contribution is 2.17. The first kappa shape index (κ1) is 12.8. The van der Waals surface area contributed by atoms with Gasteiger partial charge in [-0.05, 0) is 36.8 Å². The lowest BCUT2D eigenvalue weighted by molar-refractivity contribution is 0.0690. The molecule has 2 N–H and O–H groups in total. The zero-order chi connectivity index (χ0) is 14.0. The van der Waals surface area contributed by atoms with Crippen LogP contribution in [0.1, 0.15) is 26.5 Å². The third-order valence-electron chi connectivity index (χ3n) is 2.52. The largest absolute Gasteiger partial charge is 0.478 e. The number of hydrogen-bond donors (Lipinski definition) is 2. The second-order valence-electron chi connectivity index (χ2n) is 3.89. The molecule has 1 amide bonds. The molecule has 0 aliphatic heterocycles. The summed E-state index contributed by atoms with van der Waals surface area (Å²) >= 11 is 0. The molecular formula is C13H10FNO4. The van der Waals surface area contributed by atoms with Crippen molar-refractivity contribution in [3.63, 3.8) is 0 Å². The Morgan fingerprint density at radius 1 is 1.32 bits per heavy atom. The second kappa shape index (κ2) is 4.93. The van der Waals surface area contributed by atoms with Gasteiger partial charge in [-0.1, -0.05) is 0 Å². The molecule has 5 nitrogen and oxygen atoms in total. The van der Waals surface area contributed by atoms with Gasteiger partial charge in [0, 0.05) is 5.69 Å². The molecule has 1 aromatic heterocycles. The van der Waals surface area contributed by atoms with Crippen molar-refractivity contribution in [2.45, 2.75) is 6.92 Å². The summed E-state index contributed by atoms with van der Waals surface area (Å²) in [5.41, 5.74) is 0.503. The lowest BCUT2D eigenvalue weighted by Crippen LogP contribution is -2.14. The first-order valence-corrected chi connectivity index (χ1v) is 5.37. The summed E-state index contributed by atoms with van der Waals surface area (Å²) in [4.78, 5) is 22.7. The zero-order valence-electron chi connectivity index (χ0n) is 9.94. The fourth-order valence-electron chi connectivity index (χ4n) is 1.56. The summed E-state index contributed by atoms with van der Waals surface area (Å²) in [7, 11) is 0. The number of nitrogens with one attached hydrogen (secondary N) is 1. The zero-order valence-corrected chi connectivity index (χ0v) is 9.94. The summed E-state index contributed by atoms with van der Waals surface area (Å²) in [6.45, 7) is 1.56. The van der Waals surface area contributed by atoms with Gasteiger partial charge in [0.2, 0.25) is 5.76 Å². The minimum atomic E-state index is -1.26. The standard InChI is InChI=1S/C13H10FNO4/c1-7-6-8(2-3-10(7)14)15-12(16)11-9(13(17)18)4-5-19-11/h2-6H,1H3,(H,15,16)(H,17,18). The van der Waals surface area contributed by atoms with Crippen molar-refractivity contribution in [1.29, 1.82) is 0 Å². The Kier molecular flexibility index (Phi) is 3.33. The molecule has 0 unspecified atom stereocenters. The van der Waals surface area contributed by atoms with Crippen molar-refractivity contribution in [2.75, 3.05) is 5.32 Å². The number of anilines is 1. The van der Waals surface area contributed by atoms with E-state index in [0.717, 1.165) is 6.26 Å². The van der Waals surface area contributed by atoms with Crippen LogP contribution in [0.2, 0.25) is 0 Å². The predicted octanol–water partition coefficient (Wildman–Crippen LogP) is 2.68. The minimum absolute atomic E-state index is 0.226. The fourth-order valence-corrected chi connectivity index (χ4v) is 1.56. The van der Waals surface area contributed by atoms with Crippen LogP contribution in [0.4, 0.5) is 10.1 Å². The van der Waals surface area contributed by atoms with E-state index >= 15 is 0 Å². The minimum Gasteiger partial charge on any atom is -0.478 e. The number of aryl methyl sites for hydroxylation is 1. The van der Waals surface area contributed by atoms with E-state index in [1.54, 1.807) is 6.92 Å². The van der Waals surface area contributed by atoms with Gasteiger partial charge in [-0.25, -0.2) is 9.18 Å². The molecule has 0 bridgehead atoms. The Hall–Kier alpha value is -2.63. The van der Waals surface area contributed by atoms with E-state index in [1.165, 1.54) is 24.3 Å². The number of carboxylic acids is 1. The molecule has 1 heterocycles. The number of furan rings is 1. The Morgan fingerprint density at radius 2 is 2.05 bits per heavy atom. The highest BCUT2D eigenvalue weighted by atomic mass is 19.1. The number of carboxylic acid groups (broad SMARTS) is 1. The summed E-state index contributed by atoms with van der Waals surface area (Å²) in [6, 6.07) is 5.22. The Labute approximate surface area is 107 Å². The molecule has 6 heteroatoms. The van der Waals surface area contributed by atoms with Crippen LogP contribution in [0.5, 0.6) is 0 Å². The molecule has 0 atom stereocenters. The van der Waals surface area contributed by atoms with Crippen molar-refractivity contribution in [3.05, 3.63) is 53.2 Å². The van der Waals surface area contributed by atoms with Crippen LogP contribution in [0.3, 0.4) is 0 Å². The first-order chi connectivity index (χ1) is 8.99. The summed E-state index contributed by atoms with van der Waals surface area (Å²) in [6.07, 6.45) is 1.12. The van der Waals surface area contributed by atoms with Gasteiger partial charge >= 0.3 is 5.97 Å². The molecule has 0 aliphatic rings. The maximum atomic E-state index is 13.1. The topological polar surface area (TPSA) is 79.5 Å². The number of aromatic carboxylic acids is 1. The number of benzene rings is 1. The van der Waals surface area contributed by atoms with E-state index in [1.807, 2.05) is 0 Å². The lowest BCUT2D eigenvalue weighted by atomic mass is 10.2. The molecule has 2 rings (SSSR count). The highest BCUT2D eigenvalue weighted by molar-refractivity contribution is 6.08. The van der Waals surface area contributed by atoms with E-state index in [0.29, 0.717) is 11.3 Å². The van der Waals surface area contributed by atoms with Crippen molar-refractivity contribution >= 4 is 17.6 Å². The monoisotopic (exact) mass is 263 g/mol. The average molecular weight is 263 g/mol. The van der Waals surface area contributed by atoms with E-state index < -0.39 is 11.9 Å². The molecule has 0 saturated heterocycles. The van der Waals surface area contributed by atoms with Gasteiger partial charge in [-0.3, -0.25) is 4.79 Å². The van der Waals surface area contributed by atoms with Crippen molar-refractivity contribution < 1.29 is 23.5 Å². The molecule has 0 fully saturated rings. The smallest absolute Gasteiger partial charge is 0.339 e. The second-order valence-corrected chi connectivity index (χ2v) is 3.89. The van der Waals surface area contributed by atoms with Crippen molar-refractivity contribution in [3.8, 4) is 0 Å². The molecule has 19 heavy (non-hydrogen) atoms. The third kappa shape index (κ3) is 2.62. The molecule has 0 spiro atoms. The summed E-state index contributed by atoms with van der Waals surface area (Å²) < 4.78 is 17.9. The van der Waals surface area contributed by atoms with E-state index in [4.69, 9.17) is 9.52 Å². The normalized spacial score (nSPS) is 10.2. The van der Waals surface area contributed by atoms with Gasteiger partial charge in [-0.2, -0.15) is 0 Å². The quantitative estimate of drug-likeness (QED) is 0.892. The van der Waals surface area contributed by atoms with E-state index in [-0.39, 0.29) is 17.1 Å². The number of carbonyl (C=O) groups is 2. The number of amides is 1. The molecule has 0 saturated carbocycles. The Morgan fingerprint density at radius 3 is 2.68 bits per heavy atom. The summed E-state index contributed by atoms with van der Waals surface area (Å²) in [5.74, 6) is -2.64. The van der Waals surface area contributed by atoms with Crippen LogP contribution in [0, 0.1) is 12.7 Å². The van der Waals surface area contributed by atoms with Gasteiger partial charge in [0.15, 0.2) is 0 Å². The number of hydrogen-bond acceptors (Lipinski definition) is 3. The highest BCUT2D eigenvalue weighted by Gasteiger charge is 2.20. The van der Waals surface area contributed by atoms with Gasteiger partial charge in [0.05, 0.1) is 6.26 Å². The molecule has 0 radical (unpaired) electrons. The fraction of sp³-hybridized carbons (Fsp3) is 0.0769. The Bertz CT molecular complexity index is 648. The number of rotatable bonds is 3. The van der Waals surface area contributed by atoms with Crippen molar-refractivity contribution in [1.82, 2.24) is 0 Å². The average Bonchev–Trinajstić information content (AvgIpc) is 2.83. The maximum Gasteiger partial charge on any atom is 0.339 e. The molecule has 2 aromatic rings. The Balaban J connectivity index is 2.23. The molecule has 98 valence electrons. The summed E-state index contributed by atoms with van der Waals surface area (Å²) in [5, 5.41) is 11.3. The van der Waals surface area contributed by atoms with Gasteiger partial charge in [0.1, 0.15) is 11.4 Å². The van der Waals surface area contributed by atoms with Crippen LogP contribution in [-0.4, -0.2) is 17.0 Å². The van der Waals surface area contributed by atoms with Crippen LogP contribution >= 0.6 is 0 Å². The van der Waals surface area contributed by atoms with Gasteiger partial charge in [-0.15, -0.1) is 0 Å². The van der Waals surface area contributed by atoms with Crippen molar-refractivity contribution in [2.24, 2.45) is 0 Å². The molecule has 0 aliphatic carbocycles. The maximum absolute atomic E-state index is 13.1. The number of carbonyl (C=O) groups excluding carboxylic acids is 1. The van der Waals surface area contributed by atoms with Crippen LogP contribution in [0.25, 0.3) is 0 Å². The van der Waals surface area contributed by atoms with Gasteiger partial charge < -0.3 is 14.8 Å². The van der Waals surface area contributed by atoms with Crippen LogP contribution < -0.4 is 5.32 Å². The van der Waals surface area contributed by atoms with Crippen LogP contribution in [-0.2, 0) is 0 Å². The molecular weight excluding hydrogens is 253 g/mol. The number of halogens is 1. The van der Waals surface area contributed by atoms with E-state index in [9.17, 15) is 14.0 Å². The molecule has 1 aromatic carbocycles. The van der Waals surface area contributed by atoms with Crippen LogP contribution in [0.15, 0.2) is 34.9 Å².